The van der Waals surface area contributed by atoms with Crippen LogP contribution in [0.5, 0.6) is 0 Å². The maximum absolute atomic E-state index is 13.1. The topological polar surface area (TPSA) is 43.9 Å². The second-order valence-electron chi connectivity index (χ2n) is 8.50. The third-order valence-electron chi connectivity index (χ3n) is 6.27. The lowest BCUT2D eigenvalue weighted by molar-refractivity contribution is -0.145. The average molecular weight is 355 g/mol. The Kier molecular flexibility index (Phi) is 4.41. The second-order valence-corrected chi connectivity index (χ2v) is 8.50. The van der Waals surface area contributed by atoms with Crippen LogP contribution in [0.25, 0.3) is 0 Å². The molecule has 2 heterocycles. The quantitative estimate of drug-likeness (QED) is 0.834. The van der Waals surface area contributed by atoms with E-state index < -0.39 is 0 Å². The Hall–Kier alpha value is -2.04. The van der Waals surface area contributed by atoms with Gasteiger partial charge in [0.2, 0.25) is 5.91 Å². The van der Waals surface area contributed by atoms with Crippen molar-refractivity contribution in [2.75, 3.05) is 45.2 Å². The van der Waals surface area contributed by atoms with Gasteiger partial charge in [-0.3, -0.25) is 9.59 Å². The minimum absolute atomic E-state index is 0.0549. The van der Waals surface area contributed by atoms with E-state index >= 15 is 0 Å². The molecule has 1 spiro atoms. The first-order chi connectivity index (χ1) is 12.5. The van der Waals surface area contributed by atoms with Gasteiger partial charge in [0.25, 0.3) is 5.91 Å². The standard InChI is InChI=1S/C21H29N3O2/c1-22(2)18-8-6-17(7-9-18)19(25)24-13-11-21(15-24)10-3-12-23(20(21)26)14-16-4-5-16/h6-9,16H,3-5,10-15H2,1-2H3. The lowest BCUT2D eigenvalue weighted by Crippen LogP contribution is -2.50. The molecule has 0 radical (unpaired) electrons. The summed E-state index contributed by atoms with van der Waals surface area (Å²) in [6.07, 6.45) is 5.34. The average Bonchev–Trinajstić information content (AvgIpc) is 3.36. The van der Waals surface area contributed by atoms with Crippen molar-refractivity contribution in [3.63, 3.8) is 0 Å². The number of nitrogens with zero attached hydrogens (tertiary/aromatic N) is 3. The largest absolute Gasteiger partial charge is 0.378 e. The number of amides is 2. The fourth-order valence-corrected chi connectivity index (χ4v) is 4.45. The number of rotatable bonds is 4. The predicted molar refractivity (Wildman–Crippen MR) is 102 cm³/mol. The normalized spacial score (nSPS) is 25.8. The van der Waals surface area contributed by atoms with Crippen LogP contribution in [0.15, 0.2) is 24.3 Å². The molecule has 1 aromatic rings. The smallest absolute Gasteiger partial charge is 0.253 e. The molecule has 3 aliphatic rings. The number of benzene rings is 1. The van der Waals surface area contributed by atoms with Gasteiger partial charge >= 0.3 is 0 Å². The van der Waals surface area contributed by atoms with Crippen LogP contribution in [0.2, 0.25) is 0 Å². The Morgan fingerprint density at radius 3 is 2.54 bits per heavy atom. The summed E-state index contributed by atoms with van der Waals surface area (Å²) in [5.74, 6) is 1.08. The molecule has 4 rings (SSSR count). The van der Waals surface area contributed by atoms with Gasteiger partial charge in [0.15, 0.2) is 0 Å². The molecular formula is C21H29N3O2. The van der Waals surface area contributed by atoms with Gasteiger partial charge in [-0.25, -0.2) is 0 Å². The van der Waals surface area contributed by atoms with Crippen molar-refractivity contribution < 1.29 is 9.59 Å². The number of likely N-dealkylation sites (tertiary alicyclic amines) is 2. The molecule has 5 heteroatoms. The molecule has 2 amide bonds. The molecule has 2 aliphatic heterocycles. The van der Waals surface area contributed by atoms with Crippen molar-refractivity contribution in [3.05, 3.63) is 29.8 Å². The summed E-state index contributed by atoms with van der Waals surface area (Å²) in [6.45, 7) is 3.11. The van der Waals surface area contributed by atoms with E-state index in [-0.39, 0.29) is 11.3 Å². The van der Waals surface area contributed by atoms with E-state index in [1.54, 1.807) is 0 Å². The van der Waals surface area contributed by atoms with Gasteiger partial charge in [0.1, 0.15) is 0 Å². The maximum atomic E-state index is 13.1. The molecule has 0 N–H and O–H groups in total. The summed E-state index contributed by atoms with van der Waals surface area (Å²) in [6, 6.07) is 7.74. The highest BCUT2D eigenvalue weighted by molar-refractivity contribution is 5.96. The zero-order valence-corrected chi connectivity index (χ0v) is 15.9. The zero-order chi connectivity index (χ0) is 18.3. The third-order valence-corrected chi connectivity index (χ3v) is 6.27. The number of anilines is 1. The fraction of sp³-hybridized carbons (Fsp3) is 0.619. The molecule has 1 aliphatic carbocycles. The third kappa shape index (κ3) is 3.19. The van der Waals surface area contributed by atoms with E-state index in [2.05, 4.69) is 4.90 Å². The molecule has 1 unspecified atom stereocenters. The molecule has 0 bridgehead atoms. The summed E-state index contributed by atoms with van der Waals surface area (Å²) in [7, 11) is 3.98. The van der Waals surface area contributed by atoms with E-state index in [0.717, 1.165) is 44.0 Å². The molecule has 5 nitrogen and oxygen atoms in total. The van der Waals surface area contributed by atoms with Crippen LogP contribution in [-0.2, 0) is 4.79 Å². The van der Waals surface area contributed by atoms with Crippen LogP contribution in [0, 0.1) is 11.3 Å². The van der Waals surface area contributed by atoms with E-state index in [4.69, 9.17) is 0 Å². The first-order valence-electron chi connectivity index (χ1n) is 9.85. The molecule has 26 heavy (non-hydrogen) atoms. The Morgan fingerprint density at radius 2 is 1.88 bits per heavy atom. The van der Waals surface area contributed by atoms with Crippen LogP contribution in [-0.4, -0.2) is 61.9 Å². The highest BCUT2D eigenvalue weighted by atomic mass is 16.2. The molecule has 140 valence electrons. The lowest BCUT2D eigenvalue weighted by Gasteiger charge is -2.39. The summed E-state index contributed by atoms with van der Waals surface area (Å²) < 4.78 is 0. The minimum Gasteiger partial charge on any atom is -0.378 e. The Balaban J connectivity index is 1.45. The van der Waals surface area contributed by atoms with Gasteiger partial charge in [-0.2, -0.15) is 0 Å². The number of hydrogen-bond donors (Lipinski definition) is 0. The predicted octanol–water partition coefficient (Wildman–Crippen LogP) is 2.62. The highest BCUT2D eigenvalue weighted by Crippen LogP contribution is 2.42. The van der Waals surface area contributed by atoms with Gasteiger partial charge in [0.05, 0.1) is 5.41 Å². The van der Waals surface area contributed by atoms with Crippen molar-refractivity contribution in [1.29, 1.82) is 0 Å². The summed E-state index contributed by atoms with van der Waals surface area (Å²) in [4.78, 5) is 32.0. The van der Waals surface area contributed by atoms with Crippen molar-refractivity contribution in [2.24, 2.45) is 11.3 Å². The van der Waals surface area contributed by atoms with Gasteiger partial charge < -0.3 is 14.7 Å². The van der Waals surface area contributed by atoms with Crippen molar-refractivity contribution in [3.8, 4) is 0 Å². The minimum atomic E-state index is -0.327. The number of hydrogen-bond acceptors (Lipinski definition) is 3. The lowest BCUT2D eigenvalue weighted by atomic mass is 9.78. The van der Waals surface area contributed by atoms with Crippen LogP contribution < -0.4 is 4.90 Å². The molecule has 3 fully saturated rings. The number of carbonyl (C=O) groups is 2. The highest BCUT2D eigenvalue weighted by Gasteiger charge is 2.49. The van der Waals surface area contributed by atoms with E-state index in [1.165, 1.54) is 12.8 Å². The van der Waals surface area contributed by atoms with Crippen molar-refractivity contribution >= 4 is 17.5 Å². The molecular weight excluding hydrogens is 326 g/mol. The Bertz CT molecular complexity index is 696. The number of carbonyl (C=O) groups excluding carboxylic acids is 2. The first kappa shape index (κ1) is 17.4. The van der Waals surface area contributed by atoms with Crippen LogP contribution in [0.3, 0.4) is 0 Å². The van der Waals surface area contributed by atoms with Crippen LogP contribution in [0.4, 0.5) is 5.69 Å². The fourth-order valence-electron chi connectivity index (χ4n) is 4.45. The molecule has 0 aromatic heterocycles. The Morgan fingerprint density at radius 1 is 1.15 bits per heavy atom. The van der Waals surface area contributed by atoms with Gasteiger partial charge in [-0.05, 0) is 62.3 Å². The van der Waals surface area contributed by atoms with E-state index in [9.17, 15) is 9.59 Å². The zero-order valence-electron chi connectivity index (χ0n) is 15.9. The molecule has 1 saturated carbocycles. The monoisotopic (exact) mass is 355 g/mol. The van der Waals surface area contributed by atoms with Gasteiger partial charge in [-0.1, -0.05) is 0 Å². The van der Waals surface area contributed by atoms with Crippen LogP contribution >= 0.6 is 0 Å². The first-order valence-corrected chi connectivity index (χ1v) is 9.85. The Labute approximate surface area is 155 Å². The molecule has 2 saturated heterocycles. The molecule has 1 aromatic carbocycles. The van der Waals surface area contributed by atoms with E-state index in [0.29, 0.717) is 24.6 Å². The molecule has 1 atom stereocenters. The second kappa shape index (κ2) is 6.60. The van der Waals surface area contributed by atoms with Gasteiger partial charge in [-0.15, -0.1) is 0 Å². The van der Waals surface area contributed by atoms with Crippen molar-refractivity contribution in [1.82, 2.24) is 9.80 Å². The maximum Gasteiger partial charge on any atom is 0.253 e. The number of piperidine rings is 1. The van der Waals surface area contributed by atoms with Gasteiger partial charge in [0, 0.05) is 51.5 Å². The van der Waals surface area contributed by atoms with Crippen LogP contribution in [0.1, 0.15) is 42.5 Å². The summed E-state index contributed by atoms with van der Waals surface area (Å²) in [5, 5.41) is 0. The SMILES string of the molecule is CN(C)c1ccc(C(=O)N2CCC3(CCCN(CC4CC4)C3=O)C2)cc1. The van der Waals surface area contributed by atoms with Crippen molar-refractivity contribution in [2.45, 2.75) is 32.1 Å². The summed E-state index contributed by atoms with van der Waals surface area (Å²) >= 11 is 0. The summed E-state index contributed by atoms with van der Waals surface area (Å²) in [5.41, 5.74) is 1.47. The van der Waals surface area contributed by atoms with E-state index in [1.807, 2.05) is 48.2 Å².